The van der Waals surface area contributed by atoms with Crippen molar-refractivity contribution in [2.45, 2.75) is 70.3 Å². The van der Waals surface area contributed by atoms with Gasteiger partial charge >= 0.3 is 0 Å². The van der Waals surface area contributed by atoms with Gasteiger partial charge in [-0.25, -0.2) is 0 Å². The molecule has 0 aromatic carbocycles. The summed E-state index contributed by atoms with van der Waals surface area (Å²) < 4.78 is 5.62. The summed E-state index contributed by atoms with van der Waals surface area (Å²) in [7, 11) is -0.946. The van der Waals surface area contributed by atoms with Crippen LogP contribution in [0.4, 0.5) is 0 Å². The Balaban J connectivity index is 1.93. The summed E-state index contributed by atoms with van der Waals surface area (Å²) >= 11 is 0. The molecule has 3 N–H and O–H groups in total. The van der Waals surface area contributed by atoms with E-state index >= 15 is 0 Å². The molecule has 1 unspecified atom stereocenters. The van der Waals surface area contributed by atoms with Crippen LogP contribution in [0.5, 0.6) is 0 Å². The van der Waals surface area contributed by atoms with Crippen LogP contribution in [0.25, 0.3) is 0 Å². The van der Waals surface area contributed by atoms with Crippen LogP contribution in [-0.2, 0) is 4.74 Å². The molecule has 1 atom stereocenters. The first-order valence-electron chi connectivity index (χ1n) is 8.01. The lowest BCUT2D eigenvalue weighted by Gasteiger charge is -2.24. The van der Waals surface area contributed by atoms with Gasteiger partial charge in [0.15, 0.2) is 0 Å². The van der Waals surface area contributed by atoms with Gasteiger partial charge in [-0.05, 0) is 18.4 Å². The molecule has 4 heteroatoms. The molecule has 0 bridgehead atoms. The van der Waals surface area contributed by atoms with Gasteiger partial charge in [0.25, 0.3) is 0 Å². The fourth-order valence-corrected chi connectivity index (χ4v) is 3.46. The molecule has 0 saturated heterocycles. The zero-order valence-corrected chi connectivity index (χ0v) is 14.2. The third-order valence-electron chi connectivity index (χ3n) is 3.97. The number of ether oxygens (including phenoxy) is 1. The van der Waals surface area contributed by atoms with Crippen molar-refractivity contribution in [3.05, 3.63) is 0 Å². The topological polar surface area (TPSA) is 47.3 Å². The van der Waals surface area contributed by atoms with Crippen LogP contribution in [0.1, 0.15) is 38.5 Å². The van der Waals surface area contributed by atoms with Crippen LogP contribution in [0.3, 0.4) is 0 Å². The molecule has 0 amide bonds. The van der Waals surface area contributed by atoms with Gasteiger partial charge in [0.05, 0.1) is 6.73 Å². The van der Waals surface area contributed by atoms with Crippen LogP contribution >= 0.6 is 0 Å². The highest BCUT2D eigenvalue weighted by molar-refractivity contribution is 6.76. The standard InChI is InChI=1S/C15H34N2OSi/c1-19(2,3)10-9-18-13-17-12-15(16)11-14-7-5-4-6-8-14/h14-15,17H,4-13,16H2,1-3H3. The quantitative estimate of drug-likeness (QED) is 0.389. The van der Waals surface area contributed by atoms with E-state index in [2.05, 4.69) is 25.0 Å². The average molecular weight is 287 g/mol. The van der Waals surface area contributed by atoms with Crippen molar-refractivity contribution in [3.63, 3.8) is 0 Å². The zero-order valence-electron chi connectivity index (χ0n) is 13.2. The first-order chi connectivity index (χ1) is 8.97. The second-order valence-corrected chi connectivity index (χ2v) is 12.9. The number of nitrogens with one attached hydrogen (secondary N) is 1. The molecule has 1 rings (SSSR count). The third-order valence-corrected chi connectivity index (χ3v) is 5.67. The van der Waals surface area contributed by atoms with Crippen molar-refractivity contribution in [1.82, 2.24) is 5.32 Å². The highest BCUT2D eigenvalue weighted by Gasteiger charge is 2.16. The zero-order chi connectivity index (χ0) is 14.1. The van der Waals surface area contributed by atoms with Gasteiger partial charge in [-0.15, -0.1) is 0 Å². The van der Waals surface area contributed by atoms with E-state index in [0.717, 1.165) is 19.1 Å². The van der Waals surface area contributed by atoms with Crippen molar-refractivity contribution in [2.75, 3.05) is 19.9 Å². The molecule has 0 aromatic heterocycles. The molecule has 0 radical (unpaired) electrons. The van der Waals surface area contributed by atoms with E-state index in [-0.39, 0.29) is 0 Å². The molecule has 0 aliphatic heterocycles. The summed E-state index contributed by atoms with van der Waals surface area (Å²) in [4.78, 5) is 0. The first-order valence-corrected chi connectivity index (χ1v) is 11.7. The second-order valence-electron chi connectivity index (χ2n) is 7.32. The first kappa shape index (κ1) is 17.1. The SMILES string of the molecule is C[Si](C)(C)CCOCNCC(N)CC1CCCCC1. The van der Waals surface area contributed by atoms with Gasteiger partial charge in [-0.3, -0.25) is 5.32 Å². The summed E-state index contributed by atoms with van der Waals surface area (Å²) in [6.45, 7) is 9.57. The van der Waals surface area contributed by atoms with Crippen molar-refractivity contribution in [1.29, 1.82) is 0 Å². The highest BCUT2D eigenvalue weighted by atomic mass is 28.3. The minimum atomic E-state index is -0.946. The Morgan fingerprint density at radius 1 is 1.21 bits per heavy atom. The molecular formula is C15H34N2OSi. The van der Waals surface area contributed by atoms with E-state index in [1.807, 2.05) is 0 Å². The molecule has 0 aromatic rings. The van der Waals surface area contributed by atoms with Crippen molar-refractivity contribution in [2.24, 2.45) is 11.7 Å². The van der Waals surface area contributed by atoms with Crippen LogP contribution in [0.2, 0.25) is 25.7 Å². The van der Waals surface area contributed by atoms with Crippen LogP contribution < -0.4 is 11.1 Å². The monoisotopic (exact) mass is 286 g/mol. The van der Waals surface area contributed by atoms with E-state index in [9.17, 15) is 0 Å². The molecule has 1 aliphatic carbocycles. The summed E-state index contributed by atoms with van der Waals surface area (Å²) in [6.07, 6.45) is 8.20. The van der Waals surface area contributed by atoms with Crippen molar-refractivity contribution in [3.8, 4) is 0 Å². The van der Waals surface area contributed by atoms with E-state index < -0.39 is 8.07 Å². The van der Waals surface area contributed by atoms with Crippen molar-refractivity contribution < 1.29 is 4.74 Å². The highest BCUT2D eigenvalue weighted by Crippen LogP contribution is 2.26. The van der Waals surface area contributed by atoms with Crippen LogP contribution in [0.15, 0.2) is 0 Å². The predicted octanol–water partition coefficient (Wildman–Crippen LogP) is 3.19. The van der Waals surface area contributed by atoms with Gasteiger partial charge in [0, 0.05) is 27.3 Å². The summed E-state index contributed by atoms with van der Waals surface area (Å²) in [6, 6.07) is 1.53. The van der Waals surface area contributed by atoms with Crippen LogP contribution in [-0.4, -0.2) is 34.0 Å². The number of nitrogens with two attached hydrogens (primary N) is 1. The van der Waals surface area contributed by atoms with Gasteiger partial charge in [-0.1, -0.05) is 51.7 Å². The smallest absolute Gasteiger partial charge is 0.0965 e. The molecule has 1 aliphatic rings. The lowest BCUT2D eigenvalue weighted by molar-refractivity contribution is 0.126. The lowest BCUT2D eigenvalue weighted by Crippen LogP contribution is -2.37. The molecule has 114 valence electrons. The minimum absolute atomic E-state index is 0.295. The molecule has 0 heterocycles. The maximum Gasteiger partial charge on any atom is 0.0965 e. The third kappa shape index (κ3) is 9.60. The second kappa shape index (κ2) is 9.11. The average Bonchev–Trinajstić information content (AvgIpc) is 2.33. The maximum atomic E-state index is 6.18. The summed E-state index contributed by atoms with van der Waals surface area (Å²) in [5, 5.41) is 3.33. The Kier molecular flexibility index (Phi) is 8.22. The number of rotatable bonds is 9. The summed E-state index contributed by atoms with van der Waals surface area (Å²) in [5.41, 5.74) is 6.18. The fraction of sp³-hybridized carbons (Fsp3) is 1.00. The molecule has 1 saturated carbocycles. The fourth-order valence-electron chi connectivity index (χ4n) is 2.70. The molecule has 1 fully saturated rings. The van der Waals surface area contributed by atoms with E-state index in [1.54, 1.807) is 0 Å². The van der Waals surface area contributed by atoms with Gasteiger partial charge in [0.2, 0.25) is 0 Å². The van der Waals surface area contributed by atoms with E-state index in [4.69, 9.17) is 10.5 Å². The summed E-state index contributed by atoms with van der Waals surface area (Å²) in [5.74, 6) is 0.873. The molecule has 0 spiro atoms. The van der Waals surface area contributed by atoms with Gasteiger partial charge in [0.1, 0.15) is 0 Å². The van der Waals surface area contributed by atoms with Gasteiger partial charge in [-0.2, -0.15) is 0 Å². The maximum absolute atomic E-state index is 6.18. The Morgan fingerprint density at radius 3 is 2.53 bits per heavy atom. The molecular weight excluding hydrogens is 252 g/mol. The van der Waals surface area contributed by atoms with Crippen LogP contribution in [0, 0.1) is 5.92 Å². The molecule has 3 nitrogen and oxygen atoms in total. The normalized spacial score (nSPS) is 19.6. The Bertz CT molecular complexity index is 225. The van der Waals surface area contributed by atoms with E-state index in [0.29, 0.717) is 12.8 Å². The van der Waals surface area contributed by atoms with Crippen molar-refractivity contribution >= 4 is 8.07 Å². The largest absolute Gasteiger partial charge is 0.367 e. The Hall–Kier alpha value is 0.0969. The Labute approximate surface area is 120 Å². The van der Waals surface area contributed by atoms with E-state index in [1.165, 1.54) is 44.6 Å². The lowest BCUT2D eigenvalue weighted by atomic mass is 9.85. The molecule has 19 heavy (non-hydrogen) atoms. The Morgan fingerprint density at radius 2 is 1.89 bits per heavy atom. The van der Waals surface area contributed by atoms with Gasteiger partial charge < -0.3 is 10.5 Å². The predicted molar refractivity (Wildman–Crippen MR) is 86.1 cm³/mol. The number of hydrogen-bond donors (Lipinski definition) is 2. The minimum Gasteiger partial charge on any atom is -0.367 e. The number of hydrogen-bond acceptors (Lipinski definition) is 3.